The molecule has 1 atom stereocenters. The zero-order valence-electron chi connectivity index (χ0n) is 28.2. The molecule has 0 unspecified atom stereocenters. The topological polar surface area (TPSA) is 93.1 Å². The van der Waals surface area contributed by atoms with Gasteiger partial charge in [-0.2, -0.15) is 0 Å². The molecule has 0 bridgehead atoms. The van der Waals surface area contributed by atoms with Crippen LogP contribution in [0.15, 0.2) is 41.4 Å². The Labute approximate surface area is 279 Å². The van der Waals surface area contributed by atoms with Crippen LogP contribution >= 0.6 is 0 Å². The highest BCUT2D eigenvalue weighted by Gasteiger charge is 2.32. The van der Waals surface area contributed by atoms with E-state index in [1.54, 1.807) is 26.4 Å². The molecule has 0 spiro atoms. The molecule has 3 heterocycles. The maximum atomic E-state index is 13.1. The fourth-order valence-electron chi connectivity index (χ4n) is 6.28. The van der Waals surface area contributed by atoms with E-state index in [2.05, 4.69) is 16.9 Å². The minimum absolute atomic E-state index is 0.0186. The first-order valence-electron chi connectivity index (χ1n) is 17.1. The van der Waals surface area contributed by atoms with Crippen LogP contribution in [0.4, 0.5) is 5.69 Å². The number of rotatable bonds is 16. The van der Waals surface area contributed by atoms with Gasteiger partial charge in [0, 0.05) is 51.1 Å². The van der Waals surface area contributed by atoms with Gasteiger partial charge in [-0.05, 0) is 62.6 Å². The second kappa shape index (κ2) is 17.2. The van der Waals surface area contributed by atoms with Crippen LogP contribution in [0.2, 0.25) is 0 Å². The van der Waals surface area contributed by atoms with Crippen LogP contribution in [-0.2, 0) is 4.79 Å². The van der Waals surface area contributed by atoms with Gasteiger partial charge in [-0.15, -0.1) is 0 Å². The van der Waals surface area contributed by atoms with Crippen LogP contribution in [0, 0.1) is 0 Å². The molecule has 0 N–H and O–H groups in total. The van der Waals surface area contributed by atoms with Crippen LogP contribution < -0.4 is 18.9 Å². The van der Waals surface area contributed by atoms with E-state index in [1.807, 2.05) is 46.4 Å². The molecule has 3 aliphatic heterocycles. The van der Waals surface area contributed by atoms with Crippen LogP contribution in [0.1, 0.15) is 73.7 Å². The molecule has 10 nitrogen and oxygen atoms in total. The molecule has 0 aliphatic carbocycles. The van der Waals surface area contributed by atoms with Crippen molar-refractivity contribution in [1.29, 1.82) is 0 Å². The average Bonchev–Trinajstić information content (AvgIpc) is 3.53. The Morgan fingerprint density at radius 2 is 1.49 bits per heavy atom. The van der Waals surface area contributed by atoms with Crippen LogP contribution in [0.25, 0.3) is 6.08 Å². The van der Waals surface area contributed by atoms with Crippen molar-refractivity contribution in [1.82, 2.24) is 14.7 Å². The molecular formula is C37H50N4O6. The summed E-state index contributed by atoms with van der Waals surface area (Å²) in [6.45, 7) is 5.34. The van der Waals surface area contributed by atoms with Crippen LogP contribution in [0.5, 0.6) is 23.0 Å². The number of likely N-dealkylation sites (N-methyl/N-ethyl adjacent to an activating group) is 1. The number of fused-ring (bicyclic) bond motifs is 2. The molecule has 254 valence electrons. The van der Waals surface area contributed by atoms with Crippen LogP contribution in [-0.4, -0.2) is 106 Å². The van der Waals surface area contributed by atoms with Crippen molar-refractivity contribution in [3.63, 3.8) is 0 Å². The highest BCUT2D eigenvalue weighted by atomic mass is 16.5. The summed E-state index contributed by atoms with van der Waals surface area (Å²) in [5.74, 6) is 2.67. The number of carbonyl (C=O) groups is 2. The summed E-state index contributed by atoms with van der Waals surface area (Å²) in [5.41, 5.74) is 2.14. The van der Waals surface area contributed by atoms with Gasteiger partial charge in [0.1, 0.15) is 0 Å². The maximum absolute atomic E-state index is 13.1. The van der Waals surface area contributed by atoms with Crippen molar-refractivity contribution in [3.8, 4) is 23.0 Å². The Bertz CT molecular complexity index is 1420. The lowest BCUT2D eigenvalue weighted by Crippen LogP contribution is -2.46. The highest BCUT2D eigenvalue weighted by Crippen LogP contribution is 2.38. The fraction of sp³-hybridized carbons (Fsp3) is 0.541. The van der Waals surface area contributed by atoms with Gasteiger partial charge in [0.25, 0.3) is 5.91 Å². The average molecular weight is 647 g/mol. The van der Waals surface area contributed by atoms with Crippen molar-refractivity contribution in [3.05, 3.63) is 47.5 Å². The van der Waals surface area contributed by atoms with Crippen LogP contribution in [0.3, 0.4) is 0 Å². The molecule has 2 saturated heterocycles. The molecule has 5 rings (SSSR count). The van der Waals surface area contributed by atoms with Gasteiger partial charge in [0.05, 0.1) is 44.7 Å². The summed E-state index contributed by atoms with van der Waals surface area (Å²) in [5, 5.41) is 0. The predicted molar refractivity (Wildman–Crippen MR) is 185 cm³/mol. The summed E-state index contributed by atoms with van der Waals surface area (Å²) >= 11 is 0. The molecule has 2 aromatic carbocycles. The lowest BCUT2D eigenvalue weighted by molar-refractivity contribution is -0.127. The van der Waals surface area contributed by atoms with Gasteiger partial charge in [-0.3, -0.25) is 14.6 Å². The Balaban J connectivity index is 0.948. The Hall–Kier alpha value is -4.05. The van der Waals surface area contributed by atoms with Gasteiger partial charge in [0.2, 0.25) is 5.91 Å². The number of methoxy groups -OCH3 is 2. The van der Waals surface area contributed by atoms with E-state index >= 15 is 0 Å². The number of hydrogen-bond acceptors (Lipinski definition) is 8. The van der Waals surface area contributed by atoms with Gasteiger partial charge < -0.3 is 33.6 Å². The number of amides is 2. The molecule has 47 heavy (non-hydrogen) atoms. The van der Waals surface area contributed by atoms with Crippen molar-refractivity contribution < 1.29 is 28.5 Å². The summed E-state index contributed by atoms with van der Waals surface area (Å²) in [7, 11) is 5.32. The van der Waals surface area contributed by atoms with Crippen molar-refractivity contribution in [2.45, 2.75) is 63.8 Å². The molecule has 2 aromatic rings. The van der Waals surface area contributed by atoms with Gasteiger partial charge >= 0.3 is 0 Å². The van der Waals surface area contributed by atoms with E-state index in [1.165, 1.54) is 6.42 Å². The summed E-state index contributed by atoms with van der Waals surface area (Å²) in [6.07, 6.45) is 15.0. The zero-order chi connectivity index (χ0) is 33.0. The third-order valence-corrected chi connectivity index (χ3v) is 9.18. The largest absolute Gasteiger partial charge is 0.493 e. The highest BCUT2D eigenvalue weighted by molar-refractivity contribution is 6.03. The van der Waals surface area contributed by atoms with E-state index < -0.39 is 0 Å². The smallest absolute Gasteiger partial charge is 0.256 e. The Morgan fingerprint density at radius 3 is 2.19 bits per heavy atom. The summed E-state index contributed by atoms with van der Waals surface area (Å²) < 4.78 is 23.2. The third kappa shape index (κ3) is 9.28. The first-order chi connectivity index (χ1) is 23.0. The number of aliphatic imine (C=N–C) groups is 1. The van der Waals surface area contributed by atoms with E-state index in [4.69, 9.17) is 18.9 Å². The molecule has 2 amide bonds. The quantitative estimate of drug-likeness (QED) is 0.163. The number of carbonyl (C=O) groups excluding carboxylic acids is 2. The van der Waals surface area contributed by atoms with E-state index in [-0.39, 0.29) is 17.9 Å². The first kappa shape index (κ1) is 34.3. The SMILES string of the molecule is COc1cc(/C=C/C(=O)N2CCN(C)CC2)ccc1OCCCCCCCCCOc1cc2c(cc1OC)C(=O)N1CCC[C@H]1C=N2. The second-order valence-electron chi connectivity index (χ2n) is 12.6. The van der Waals surface area contributed by atoms with Gasteiger partial charge in [-0.1, -0.05) is 38.2 Å². The standard InChI is InChI=1S/C37H50N4O6/c1-39-18-20-40(21-19-39)36(42)16-14-28-13-15-32(33(24-28)44-2)46-22-9-7-5-4-6-8-10-23-47-35-26-31-30(25-34(35)45-3)37(43)41-17-11-12-29(41)27-38-31/h13-16,24-27,29H,4-12,17-23H2,1-3H3/b16-14+/t29-/m0/s1. The number of ether oxygens (including phenoxy) is 4. The summed E-state index contributed by atoms with van der Waals surface area (Å²) in [4.78, 5) is 36.2. The minimum Gasteiger partial charge on any atom is -0.493 e. The minimum atomic E-state index is 0.0186. The predicted octanol–water partition coefficient (Wildman–Crippen LogP) is 6.00. The Morgan fingerprint density at radius 1 is 0.830 bits per heavy atom. The van der Waals surface area contributed by atoms with E-state index in [9.17, 15) is 9.59 Å². The molecule has 2 fully saturated rings. The molecule has 10 heteroatoms. The zero-order valence-corrected chi connectivity index (χ0v) is 28.2. The number of piperazine rings is 1. The van der Waals surface area contributed by atoms with Gasteiger partial charge in [-0.25, -0.2) is 0 Å². The number of hydrogen-bond donors (Lipinski definition) is 0. The second-order valence-corrected chi connectivity index (χ2v) is 12.6. The number of unbranched alkanes of at least 4 members (excludes halogenated alkanes) is 6. The van der Waals surface area contributed by atoms with Gasteiger partial charge in [0.15, 0.2) is 23.0 Å². The molecule has 0 saturated carbocycles. The van der Waals surface area contributed by atoms with E-state index in [0.717, 1.165) is 95.4 Å². The first-order valence-corrected chi connectivity index (χ1v) is 17.1. The lowest BCUT2D eigenvalue weighted by atomic mass is 10.1. The van der Waals surface area contributed by atoms with Crippen molar-refractivity contribution >= 4 is 29.8 Å². The fourth-order valence-corrected chi connectivity index (χ4v) is 6.28. The van der Waals surface area contributed by atoms with Crippen molar-refractivity contribution in [2.75, 3.05) is 67.2 Å². The summed E-state index contributed by atoms with van der Waals surface area (Å²) in [6, 6.07) is 9.48. The maximum Gasteiger partial charge on any atom is 0.256 e. The van der Waals surface area contributed by atoms with E-state index in [0.29, 0.717) is 41.7 Å². The lowest BCUT2D eigenvalue weighted by Gasteiger charge is -2.31. The third-order valence-electron chi connectivity index (χ3n) is 9.18. The normalized spacial score (nSPS) is 17.9. The number of benzene rings is 2. The number of nitrogens with zero attached hydrogens (tertiary/aromatic N) is 4. The Kier molecular flexibility index (Phi) is 12.5. The molecule has 3 aliphatic rings. The monoisotopic (exact) mass is 646 g/mol. The molecular weight excluding hydrogens is 596 g/mol. The molecule has 0 aromatic heterocycles. The molecule has 0 radical (unpaired) electrons. The van der Waals surface area contributed by atoms with Crippen molar-refractivity contribution in [2.24, 2.45) is 4.99 Å².